The molecule has 0 aliphatic carbocycles. The van der Waals surface area contributed by atoms with Crippen molar-refractivity contribution in [2.75, 3.05) is 6.54 Å². The van der Waals surface area contributed by atoms with Crippen LogP contribution >= 0.6 is 0 Å². The topological polar surface area (TPSA) is 93.2 Å². The second-order valence-electron chi connectivity index (χ2n) is 7.34. The van der Waals surface area contributed by atoms with Crippen molar-refractivity contribution in [1.82, 2.24) is 20.0 Å². The Labute approximate surface area is 151 Å². The number of nitrogens with zero attached hydrogens (tertiary/aromatic N) is 3. The molecule has 0 saturated carbocycles. The maximum Gasteiger partial charge on any atom is 0.318 e. The second kappa shape index (κ2) is 6.44. The molecule has 2 aromatic rings. The van der Waals surface area contributed by atoms with E-state index in [2.05, 4.69) is 10.4 Å². The summed E-state index contributed by atoms with van der Waals surface area (Å²) in [7, 11) is 0. The van der Waals surface area contributed by atoms with Gasteiger partial charge in [0.05, 0.1) is 24.3 Å². The Morgan fingerprint density at radius 3 is 2.54 bits per heavy atom. The molecule has 7 nitrogen and oxygen atoms in total. The van der Waals surface area contributed by atoms with E-state index < -0.39 is 11.7 Å². The first kappa shape index (κ1) is 17.9. The summed E-state index contributed by atoms with van der Waals surface area (Å²) >= 11 is 0. The molecule has 0 fully saturated rings. The van der Waals surface area contributed by atoms with E-state index in [1.807, 2.05) is 20.8 Å². The lowest BCUT2D eigenvalue weighted by Gasteiger charge is -2.31. The number of nitrogens with two attached hydrogens (primary N) is 1. The van der Waals surface area contributed by atoms with E-state index in [1.165, 1.54) is 6.07 Å². The molecular weight excluding hydrogens is 337 g/mol. The molecule has 3 amide bonds. The van der Waals surface area contributed by atoms with Crippen LogP contribution in [0.25, 0.3) is 11.3 Å². The minimum absolute atomic E-state index is 0.156. The molecular formula is C18H22FN5O2. The van der Waals surface area contributed by atoms with Crippen molar-refractivity contribution in [2.45, 2.75) is 39.4 Å². The molecule has 3 rings (SSSR count). The molecule has 0 saturated heterocycles. The summed E-state index contributed by atoms with van der Waals surface area (Å²) in [4.78, 5) is 26.1. The van der Waals surface area contributed by atoms with Crippen LogP contribution in [-0.2, 0) is 13.1 Å². The number of halogens is 1. The average Bonchev–Trinajstić information content (AvgIpc) is 2.92. The first-order valence-electron chi connectivity index (χ1n) is 8.39. The van der Waals surface area contributed by atoms with E-state index in [-0.39, 0.29) is 34.9 Å². The largest absolute Gasteiger partial charge is 0.365 e. The third kappa shape index (κ3) is 3.40. The summed E-state index contributed by atoms with van der Waals surface area (Å²) in [5, 5.41) is 7.29. The Kier molecular flexibility index (Phi) is 4.43. The zero-order valence-corrected chi connectivity index (χ0v) is 15.0. The number of fused-ring (bicyclic) bond motifs is 1. The van der Waals surface area contributed by atoms with E-state index >= 15 is 0 Å². The van der Waals surface area contributed by atoms with Crippen molar-refractivity contribution < 1.29 is 14.0 Å². The van der Waals surface area contributed by atoms with Crippen LogP contribution in [0.3, 0.4) is 0 Å². The van der Waals surface area contributed by atoms with Crippen molar-refractivity contribution in [2.24, 2.45) is 5.73 Å². The Hall–Kier alpha value is -2.90. The predicted octanol–water partition coefficient (Wildman–Crippen LogP) is 2.11. The van der Waals surface area contributed by atoms with E-state index in [0.29, 0.717) is 18.8 Å². The van der Waals surface area contributed by atoms with Crippen molar-refractivity contribution >= 4 is 11.9 Å². The summed E-state index contributed by atoms with van der Waals surface area (Å²) in [5.41, 5.74) is 6.29. The summed E-state index contributed by atoms with van der Waals surface area (Å²) in [6.45, 7) is 6.70. The van der Waals surface area contributed by atoms with Gasteiger partial charge < -0.3 is 16.0 Å². The molecule has 138 valence electrons. The van der Waals surface area contributed by atoms with Gasteiger partial charge >= 0.3 is 6.03 Å². The standard InChI is InChI=1S/C18H22FN5O2/c1-18(2,3)21-17(26)23-8-9-24-13(10-23)14(16(20)25)15(22-24)11-6-4-5-7-12(11)19/h4-7H,8-10H2,1-3H3,(H2,20,25)(H,21,26). The molecule has 1 aromatic heterocycles. The van der Waals surface area contributed by atoms with Crippen molar-refractivity contribution in [3.63, 3.8) is 0 Å². The molecule has 1 aliphatic rings. The first-order chi connectivity index (χ1) is 12.2. The van der Waals surface area contributed by atoms with Gasteiger partial charge in [-0.25, -0.2) is 9.18 Å². The predicted molar refractivity (Wildman–Crippen MR) is 94.8 cm³/mol. The highest BCUT2D eigenvalue weighted by Gasteiger charge is 2.31. The fourth-order valence-electron chi connectivity index (χ4n) is 2.99. The second-order valence-corrected chi connectivity index (χ2v) is 7.34. The maximum absolute atomic E-state index is 14.2. The molecule has 3 N–H and O–H groups in total. The average molecular weight is 359 g/mol. The monoisotopic (exact) mass is 359 g/mol. The lowest BCUT2D eigenvalue weighted by Crippen LogP contribution is -2.50. The minimum Gasteiger partial charge on any atom is -0.365 e. The summed E-state index contributed by atoms with van der Waals surface area (Å²) in [5.74, 6) is -1.17. The van der Waals surface area contributed by atoms with E-state index in [4.69, 9.17) is 5.73 Å². The van der Waals surface area contributed by atoms with Crippen molar-refractivity contribution in [1.29, 1.82) is 0 Å². The van der Waals surface area contributed by atoms with Gasteiger partial charge in [0.25, 0.3) is 5.91 Å². The zero-order chi connectivity index (χ0) is 19.1. The first-order valence-corrected chi connectivity index (χ1v) is 8.39. The van der Waals surface area contributed by atoms with Gasteiger partial charge in [-0.3, -0.25) is 9.48 Å². The van der Waals surface area contributed by atoms with Crippen LogP contribution < -0.4 is 11.1 Å². The number of amides is 3. The molecule has 0 radical (unpaired) electrons. The van der Waals surface area contributed by atoms with Crippen LogP contribution in [0.1, 0.15) is 36.8 Å². The number of hydrogen-bond donors (Lipinski definition) is 2. The van der Waals surface area contributed by atoms with Crippen LogP contribution in [0.4, 0.5) is 9.18 Å². The highest BCUT2D eigenvalue weighted by atomic mass is 19.1. The van der Waals surface area contributed by atoms with Gasteiger partial charge in [-0.1, -0.05) is 12.1 Å². The molecule has 26 heavy (non-hydrogen) atoms. The highest BCUT2D eigenvalue weighted by molar-refractivity contribution is 6.00. The minimum atomic E-state index is -0.692. The maximum atomic E-state index is 14.2. The van der Waals surface area contributed by atoms with Gasteiger partial charge in [-0.2, -0.15) is 5.10 Å². The Morgan fingerprint density at radius 1 is 1.23 bits per heavy atom. The number of carbonyl (C=O) groups excluding carboxylic acids is 2. The fourth-order valence-corrected chi connectivity index (χ4v) is 2.99. The van der Waals surface area contributed by atoms with Crippen LogP contribution in [0, 0.1) is 5.82 Å². The van der Waals surface area contributed by atoms with Gasteiger partial charge in [0.2, 0.25) is 0 Å². The molecule has 2 heterocycles. The molecule has 1 aromatic carbocycles. The normalized spacial score (nSPS) is 14.1. The summed E-state index contributed by atoms with van der Waals surface area (Å²) in [6.07, 6.45) is 0. The quantitative estimate of drug-likeness (QED) is 0.860. The number of rotatable bonds is 2. The number of carbonyl (C=O) groups is 2. The van der Waals surface area contributed by atoms with Gasteiger partial charge in [-0.05, 0) is 32.9 Å². The summed E-state index contributed by atoms with van der Waals surface area (Å²) < 4.78 is 15.8. The zero-order valence-electron chi connectivity index (χ0n) is 15.0. The number of benzene rings is 1. The SMILES string of the molecule is CC(C)(C)NC(=O)N1CCn2nc(-c3ccccc3F)c(C(N)=O)c2C1. The van der Waals surface area contributed by atoms with E-state index in [9.17, 15) is 14.0 Å². The number of nitrogens with one attached hydrogen (secondary N) is 1. The van der Waals surface area contributed by atoms with Gasteiger partial charge in [0.15, 0.2) is 0 Å². The van der Waals surface area contributed by atoms with Gasteiger partial charge in [0, 0.05) is 17.6 Å². The number of primary amides is 1. The molecule has 0 spiro atoms. The Morgan fingerprint density at radius 2 is 1.92 bits per heavy atom. The fraction of sp³-hybridized carbons (Fsp3) is 0.389. The molecule has 0 unspecified atom stereocenters. The number of aromatic nitrogens is 2. The number of hydrogen-bond acceptors (Lipinski definition) is 3. The van der Waals surface area contributed by atoms with Crippen molar-refractivity contribution in [3.8, 4) is 11.3 Å². The van der Waals surface area contributed by atoms with E-state index in [1.54, 1.807) is 27.8 Å². The van der Waals surface area contributed by atoms with Crippen LogP contribution in [0.2, 0.25) is 0 Å². The van der Waals surface area contributed by atoms with Crippen molar-refractivity contribution in [3.05, 3.63) is 41.3 Å². The molecule has 1 aliphatic heterocycles. The highest BCUT2D eigenvalue weighted by Crippen LogP contribution is 2.29. The van der Waals surface area contributed by atoms with E-state index in [0.717, 1.165) is 0 Å². The number of urea groups is 1. The molecule has 0 atom stereocenters. The van der Waals surface area contributed by atoms with Gasteiger partial charge in [-0.15, -0.1) is 0 Å². The van der Waals surface area contributed by atoms with Gasteiger partial charge in [0.1, 0.15) is 11.5 Å². The van der Waals surface area contributed by atoms with Crippen LogP contribution in [-0.4, -0.2) is 38.7 Å². The molecule has 8 heteroatoms. The third-order valence-electron chi connectivity index (χ3n) is 4.12. The Bertz CT molecular complexity index is 869. The lowest BCUT2D eigenvalue weighted by molar-refractivity contribution is 0.0997. The lowest BCUT2D eigenvalue weighted by atomic mass is 10.0. The molecule has 0 bridgehead atoms. The summed E-state index contributed by atoms with van der Waals surface area (Å²) in [6, 6.07) is 5.87. The third-order valence-corrected chi connectivity index (χ3v) is 4.12. The van der Waals surface area contributed by atoms with Crippen LogP contribution in [0.5, 0.6) is 0 Å². The Balaban J connectivity index is 1.99. The smallest absolute Gasteiger partial charge is 0.318 e. The van der Waals surface area contributed by atoms with Crippen LogP contribution in [0.15, 0.2) is 24.3 Å².